The predicted molar refractivity (Wildman–Crippen MR) is 65.2 cm³/mol. The second-order valence-corrected chi connectivity index (χ2v) is 4.71. The third-order valence-corrected chi connectivity index (χ3v) is 3.88. The molecule has 0 unspecified atom stereocenters. The van der Waals surface area contributed by atoms with Gasteiger partial charge in [-0.1, -0.05) is 28.9 Å². The van der Waals surface area contributed by atoms with Crippen LogP contribution in [0.15, 0.2) is 16.6 Å². The van der Waals surface area contributed by atoms with Gasteiger partial charge in [-0.15, -0.1) is 0 Å². The minimum Gasteiger partial charge on any atom is -0.312 e. The number of rotatable bonds is 2. The maximum atomic E-state index is 11.8. The van der Waals surface area contributed by atoms with Crippen molar-refractivity contribution < 1.29 is 4.79 Å². The number of carbonyl (C=O) groups is 1. The summed E-state index contributed by atoms with van der Waals surface area (Å²) in [5.74, 6) is 0.221. The molecule has 0 aliphatic carbocycles. The van der Waals surface area contributed by atoms with Crippen LogP contribution in [0.4, 0.5) is 5.69 Å². The van der Waals surface area contributed by atoms with Crippen molar-refractivity contribution in [3.63, 3.8) is 0 Å². The Kier molecular flexibility index (Phi) is 2.83. The van der Waals surface area contributed by atoms with Crippen molar-refractivity contribution in [3.05, 3.63) is 27.7 Å². The van der Waals surface area contributed by atoms with Crippen LogP contribution in [0.25, 0.3) is 0 Å². The Morgan fingerprint density at radius 3 is 2.87 bits per heavy atom. The summed E-state index contributed by atoms with van der Waals surface area (Å²) >= 11 is 3.56. The van der Waals surface area contributed by atoms with Crippen LogP contribution in [-0.2, 0) is 11.2 Å². The quantitative estimate of drug-likeness (QED) is 0.807. The summed E-state index contributed by atoms with van der Waals surface area (Å²) in [5, 5.41) is 0. The van der Waals surface area contributed by atoms with Gasteiger partial charge in [0.25, 0.3) is 0 Å². The van der Waals surface area contributed by atoms with Crippen molar-refractivity contribution in [1.29, 1.82) is 0 Å². The molecular formula is C12H14BrNO. The van der Waals surface area contributed by atoms with Crippen molar-refractivity contribution in [2.75, 3.05) is 11.4 Å². The van der Waals surface area contributed by atoms with Gasteiger partial charge in [0.2, 0.25) is 5.91 Å². The largest absolute Gasteiger partial charge is 0.312 e. The molecule has 0 spiro atoms. The number of aryl methyl sites for hydroxylation is 1. The van der Waals surface area contributed by atoms with Gasteiger partial charge in [0, 0.05) is 16.7 Å². The molecule has 0 saturated heterocycles. The monoisotopic (exact) mass is 267 g/mol. The zero-order valence-electron chi connectivity index (χ0n) is 9.01. The lowest BCUT2D eigenvalue weighted by atomic mass is 10.1. The number of fused-ring (bicyclic) bond motifs is 1. The normalized spacial score (nSPS) is 14.6. The Hall–Kier alpha value is -0.830. The molecule has 2 rings (SSSR count). The van der Waals surface area contributed by atoms with Crippen molar-refractivity contribution in [2.45, 2.75) is 26.7 Å². The van der Waals surface area contributed by atoms with E-state index in [4.69, 9.17) is 0 Å². The zero-order chi connectivity index (χ0) is 11.0. The molecule has 1 aliphatic rings. The summed E-state index contributed by atoms with van der Waals surface area (Å²) in [4.78, 5) is 13.7. The maximum Gasteiger partial charge on any atom is 0.231 e. The van der Waals surface area contributed by atoms with E-state index in [9.17, 15) is 4.79 Å². The molecule has 0 atom stereocenters. The van der Waals surface area contributed by atoms with E-state index in [1.807, 2.05) is 4.90 Å². The number of anilines is 1. The highest BCUT2D eigenvalue weighted by Crippen LogP contribution is 2.36. The van der Waals surface area contributed by atoms with Gasteiger partial charge in [-0.3, -0.25) is 4.79 Å². The van der Waals surface area contributed by atoms with Crippen LogP contribution < -0.4 is 4.90 Å². The number of benzene rings is 1. The molecule has 1 aromatic rings. The lowest BCUT2D eigenvalue weighted by molar-refractivity contribution is -0.117. The van der Waals surface area contributed by atoms with E-state index in [0.29, 0.717) is 6.42 Å². The van der Waals surface area contributed by atoms with Crippen LogP contribution in [-0.4, -0.2) is 12.5 Å². The Bertz CT molecular complexity index is 414. The predicted octanol–water partition coefficient (Wildman–Crippen LogP) is 3.06. The molecule has 80 valence electrons. The van der Waals surface area contributed by atoms with Gasteiger partial charge in [-0.05, 0) is 30.5 Å². The van der Waals surface area contributed by atoms with Gasteiger partial charge >= 0.3 is 0 Å². The molecule has 2 nitrogen and oxygen atoms in total. The number of nitrogens with zero attached hydrogens (tertiary/aromatic N) is 1. The number of hydrogen-bond acceptors (Lipinski definition) is 1. The summed E-state index contributed by atoms with van der Waals surface area (Å²) in [6, 6.07) is 4.11. The Morgan fingerprint density at radius 2 is 2.20 bits per heavy atom. The molecule has 1 aromatic carbocycles. The molecule has 0 N–H and O–H groups in total. The van der Waals surface area contributed by atoms with Crippen molar-refractivity contribution in [1.82, 2.24) is 0 Å². The van der Waals surface area contributed by atoms with Crippen molar-refractivity contribution >= 4 is 27.5 Å². The summed E-state index contributed by atoms with van der Waals surface area (Å²) in [6.07, 6.45) is 1.54. The minimum atomic E-state index is 0.221. The molecular weight excluding hydrogens is 254 g/mol. The average molecular weight is 268 g/mol. The second-order valence-electron chi connectivity index (χ2n) is 3.92. The fourth-order valence-electron chi connectivity index (χ4n) is 2.00. The first-order chi connectivity index (χ1) is 7.15. The standard InChI is InChI=1S/C12H14BrNO/c1-3-6-14-10-5-4-8(2)12(13)9(10)7-11(14)15/h4-5H,3,6-7H2,1-2H3. The number of amides is 1. The highest BCUT2D eigenvalue weighted by atomic mass is 79.9. The maximum absolute atomic E-state index is 11.8. The molecule has 0 bridgehead atoms. The molecule has 1 aliphatic heterocycles. The Morgan fingerprint density at radius 1 is 1.47 bits per heavy atom. The molecule has 1 heterocycles. The number of hydrogen-bond donors (Lipinski definition) is 0. The number of halogens is 1. The van der Waals surface area contributed by atoms with Crippen molar-refractivity contribution in [2.24, 2.45) is 0 Å². The molecule has 0 saturated carbocycles. The Labute approximate surface area is 98.4 Å². The topological polar surface area (TPSA) is 20.3 Å². The first-order valence-corrected chi connectivity index (χ1v) is 6.02. The van der Waals surface area contributed by atoms with Gasteiger partial charge < -0.3 is 4.90 Å². The summed E-state index contributed by atoms with van der Waals surface area (Å²) < 4.78 is 1.09. The first kappa shape index (κ1) is 10.7. The van der Waals surface area contributed by atoms with E-state index < -0.39 is 0 Å². The smallest absolute Gasteiger partial charge is 0.231 e. The van der Waals surface area contributed by atoms with Crippen LogP contribution in [0.3, 0.4) is 0 Å². The Balaban J connectivity index is 2.47. The van der Waals surface area contributed by atoms with Crippen LogP contribution >= 0.6 is 15.9 Å². The third kappa shape index (κ3) is 1.69. The van der Waals surface area contributed by atoms with E-state index in [1.165, 1.54) is 5.56 Å². The van der Waals surface area contributed by atoms with Gasteiger partial charge in [-0.2, -0.15) is 0 Å². The summed E-state index contributed by atoms with van der Waals surface area (Å²) in [7, 11) is 0. The third-order valence-electron chi connectivity index (χ3n) is 2.78. The second kappa shape index (κ2) is 3.97. The van der Waals surface area contributed by atoms with Gasteiger partial charge in [-0.25, -0.2) is 0 Å². The van der Waals surface area contributed by atoms with E-state index in [0.717, 1.165) is 28.7 Å². The lowest BCUT2D eigenvalue weighted by Gasteiger charge is -2.16. The number of carbonyl (C=O) groups excluding carboxylic acids is 1. The molecule has 0 radical (unpaired) electrons. The van der Waals surface area contributed by atoms with Crippen LogP contribution in [0.2, 0.25) is 0 Å². The van der Waals surface area contributed by atoms with E-state index in [2.05, 4.69) is 41.9 Å². The fourth-order valence-corrected chi connectivity index (χ4v) is 2.47. The summed E-state index contributed by atoms with van der Waals surface area (Å²) in [5.41, 5.74) is 3.42. The molecule has 3 heteroatoms. The van der Waals surface area contributed by atoms with Crippen LogP contribution in [0.5, 0.6) is 0 Å². The molecule has 0 fully saturated rings. The molecule has 0 aromatic heterocycles. The molecule has 15 heavy (non-hydrogen) atoms. The van der Waals surface area contributed by atoms with E-state index in [1.54, 1.807) is 0 Å². The summed E-state index contributed by atoms with van der Waals surface area (Å²) in [6.45, 7) is 4.97. The van der Waals surface area contributed by atoms with Crippen LogP contribution in [0, 0.1) is 6.92 Å². The molecule has 1 amide bonds. The SMILES string of the molecule is CCCN1C(=O)Cc2c1ccc(C)c2Br. The van der Waals surface area contributed by atoms with Crippen molar-refractivity contribution in [3.8, 4) is 0 Å². The van der Waals surface area contributed by atoms with E-state index >= 15 is 0 Å². The highest BCUT2D eigenvalue weighted by Gasteiger charge is 2.28. The highest BCUT2D eigenvalue weighted by molar-refractivity contribution is 9.10. The fraction of sp³-hybridized carbons (Fsp3) is 0.417. The first-order valence-electron chi connectivity index (χ1n) is 5.23. The lowest BCUT2D eigenvalue weighted by Crippen LogP contribution is -2.27. The van der Waals surface area contributed by atoms with Crippen LogP contribution in [0.1, 0.15) is 24.5 Å². The average Bonchev–Trinajstić information content (AvgIpc) is 2.52. The van der Waals surface area contributed by atoms with Gasteiger partial charge in [0.05, 0.1) is 6.42 Å². The van der Waals surface area contributed by atoms with Gasteiger partial charge in [0.1, 0.15) is 0 Å². The zero-order valence-corrected chi connectivity index (χ0v) is 10.6. The van der Waals surface area contributed by atoms with Gasteiger partial charge in [0.15, 0.2) is 0 Å². The van der Waals surface area contributed by atoms with E-state index in [-0.39, 0.29) is 5.91 Å². The minimum absolute atomic E-state index is 0.221.